The molecule has 1 heterocycles. The van der Waals surface area contributed by atoms with E-state index in [4.69, 9.17) is 5.11 Å². The van der Waals surface area contributed by atoms with Crippen molar-refractivity contribution in [3.05, 3.63) is 5.82 Å². The summed E-state index contributed by atoms with van der Waals surface area (Å²) in [6, 6.07) is 0. The lowest BCUT2D eigenvalue weighted by Crippen LogP contribution is -2.21. The first-order valence-electron chi connectivity index (χ1n) is 6.25. The largest absolute Gasteiger partial charge is 0.481 e. The van der Waals surface area contributed by atoms with E-state index in [0.29, 0.717) is 5.41 Å². The van der Waals surface area contributed by atoms with Gasteiger partial charge in [0.1, 0.15) is 5.82 Å². The third-order valence-electron chi connectivity index (χ3n) is 3.58. The summed E-state index contributed by atoms with van der Waals surface area (Å²) in [7, 11) is 0. The number of aryl methyl sites for hydroxylation is 1. The molecule has 1 fully saturated rings. The van der Waals surface area contributed by atoms with Gasteiger partial charge in [-0.3, -0.25) is 4.79 Å². The quantitative estimate of drug-likeness (QED) is 0.831. The molecule has 1 aliphatic carbocycles. The fraction of sp³-hybridized carbons (Fsp3) is 0.750. The van der Waals surface area contributed by atoms with Gasteiger partial charge in [0.25, 0.3) is 0 Å². The van der Waals surface area contributed by atoms with Gasteiger partial charge in [-0.05, 0) is 25.2 Å². The van der Waals surface area contributed by atoms with Gasteiger partial charge in [0.15, 0.2) is 5.16 Å². The second kappa shape index (κ2) is 5.30. The van der Waals surface area contributed by atoms with Gasteiger partial charge in [0.05, 0.1) is 5.75 Å². The normalized spacial score (nSPS) is 18.1. The van der Waals surface area contributed by atoms with Crippen LogP contribution in [0.2, 0.25) is 0 Å². The fourth-order valence-corrected chi connectivity index (χ4v) is 3.25. The topological polar surface area (TPSA) is 68.0 Å². The predicted octanol–water partition coefficient (Wildman–Crippen LogP) is 2.34. The molecule has 1 aromatic rings. The van der Waals surface area contributed by atoms with Gasteiger partial charge < -0.3 is 9.67 Å². The average Bonchev–Trinajstić information content (AvgIpc) is 2.86. The molecule has 0 aliphatic heterocycles. The SMILES string of the molecule is Cc1nnc(SCC(=O)O)n1CC1(C)CCCC1. The van der Waals surface area contributed by atoms with Gasteiger partial charge in [0.2, 0.25) is 0 Å². The predicted molar refractivity (Wildman–Crippen MR) is 69.7 cm³/mol. The zero-order valence-corrected chi connectivity index (χ0v) is 11.7. The van der Waals surface area contributed by atoms with Crippen LogP contribution >= 0.6 is 11.8 Å². The molecule has 0 bridgehead atoms. The Morgan fingerprint density at radius 3 is 2.72 bits per heavy atom. The lowest BCUT2D eigenvalue weighted by molar-refractivity contribution is -0.133. The van der Waals surface area contributed by atoms with Crippen LogP contribution in [-0.4, -0.2) is 31.6 Å². The molecule has 1 saturated carbocycles. The number of aliphatic carboxylic acids is 1. The molecular weight excluding hydrogens is 250 g/mol. The number of thioether (sulfide) groups is 1. The Kier molecular flexibility index (Phi) is 3.94. The van der Waals surface area contributed by atoms with E-state index in [2.05, 4.69) is 21.7 Å². The Balaban J connectivity index is 2.11. The maximum atomic E-state index is 10.6. The van der Waals surface area contributed by atoms with Gasteiger partial charge in [-0.2, -0.15) is 0 Å². The summed E-state index contributed by atoms with van der Waals surface area (Å²) in [6.45, 7) is 5.12. The lowest BCUT2D eigenvalue weighted by atomic mass is 9.89. The first-order valence-corrected chi connectivity index (χ1v) is 7.23. The van der Waals surface area contributed by atoms with E-state index in [1.165, 1.54) is 37.4 Å². The Hall–Kier alpha value is -1.04. The molecule has 1 aliphatic rings. The molecule has 0 spiro atoms. The van der Waals surface area contributed by atoms with Crippen LogP contribution in [0.25, 0.3) is 0 Å². The van der Waals surface area contributed by atoms with E-state index < -0.39 is 5.97 Å². The van der Waals surface area contributed by atoms with Crippen LogP contribution in [0.1, 0.15) is 38.4 Å². The summed E-state index contributed by atoms with van der Waals surface area (Å²) in [4.78, 5) is 10.6. The molecule has 5 nitrogen and oxygen atoms in total. The molecular formula is C12H19N3O2S. The minimum absolute atomic E-state index is 0.0366. The van der Waals surface area contributed by atoms with Crippen LogP contribution in [0.15, 0.2) is 5.16 Å². The summed E-state index contributed by atoms with van der Waals surface area (Å²) in [5.41, 5.74) is 0.311. The molecule has 0 saturated heterocycles. The molecule has 6 heteroatoms. The highest BCUT2D eigenvalue weighted by Gasteiger charge is 2.30. The summed E-state index contributed by atoms with van der Waals surface area (Å²) in [5, 5.41) is 17.6. The molecule has 100 valence electrons. The van der Waals surface area contributed by atoms with E-state index in [0.717, 1.165) is 17.5 Å². The number of hydrogen-bond donors (Lipinski definition) is 1. The highest BCUT2D eigenvalue weighted by molar-refractivity contribution is 7.99. The van der Waals surface area contributed by atoms with E-state index in [-0.39, 0.29) is 5.75 Å². The number of aromatic nitrogens is 3. The molecule has 0 radical (unpaired) electrons. The number of rotatable bonds is 5. The molecule has 2 rings (SSSR count). The number of hydrogen-bond acceptors (Lipinski definition) is 4. The maximum absolute atomic E-state index is 10.6. The van der Waals surface area contributed by atoms with Crippen molar-refractivity contribution in [3.8, 4) is 0 Å². The molecule has 0 unspecified atom stereocenters. The summed E-state index contributed by atoms with van der Waals surface area (Å²) >= 11 is 1.25. The third kappa shape index (κ3) is 3.04. The van der Waals surface area contributed by atoms with Crippen molar-refractivity contribution in [1.29, 1.82) is 0 Å². The molecule has 0 aromatic carbocycles. The number of nitrogens with zero attached hydrogens (tertiary/aromatic N) is 3. The molecule has 18 heavy (non-hydrogen) atoms. The van der Waals surface area contributed by atoms with Gasteiger partial charge in [-0.15, -0.1) is 10.2 Å². The van der Waals surface area contributed by atoms with Gasteiger partial charge in [-0.1, -0.05) is 31.5 Å². The van der Waals surface area contributed by atoms with Crippen molar-refractivity contribution in [3.63, 3.8) is 0 Å². The molecule has 1 aromatic heterocycles. The number of carboxylic acids is 1. The summed E-state index contributed by atoms with van der Waals surface area (Å²) in [5.74, 6) is 0.0878. The maximum Gasteiger partial charge on any atom is 0.313 e. The van der Waals surface area contributed by atoms with E-state index in [1.807, 2.05) is 6.92 Å². The van der Waals surface area contributed by atoms with E-state index in [9.17, 15) is 4.79 Å². The van der Waals surface area contributed by atoms with Crippen molar-refractivity contribution in [2.45, 2.75) is 51.2 Å². The first-order chi connectivity index (χ1) is 8.50. The highest BCUT2D eigenvalue weighted by Crippen LogP contribution is 2.39. The second-order valence-electron chi connectivity index (χ2n) is 5.32. The van der Waals surface area contributed by atoms with Crippen molar-refractivity contribution in [1.82, 2.24) is 14.8 Å². The number of carboxylic acid groups (broad SMARTS) is 1. The smallest absolute Gasteiger partial charge is 0.313 e. The zero-order valence-electron chi connectivity index (χ0n) is 10.8. The fourth-order valence-electron chi connectivity index (χ4n) is 2.55. The summed E-state index contributed by atoms with van der Waals surface area (Å²) < 4.78 is 2.07. The van der Waals surface area contributed by atoms with Crippen LogP contribution in [0.5, 0.6) is 0 Å². The minimum atomic E-state index is -0.820. The van der Waals surface area contributed by atoms with Crippen molar-refractivity contribution in [2.75, 3.05) is 5.75 Å². The number of carbonyl (C=O) groups is 1. The Morgan fingerprint density at radius 1 is 1.44 bits per heavy atom. The van der Waals surface area contributed by atoms with Crippen molar-refractivity contribution >= 4 is 17.7 Å². The van der Waals surface area contributed by atoms with Crippen LogP contribution < -0.4 is 0 Å². The standard InChI is InChI=1S/C12H19N3O2S/c1-9-13-14-11(18-7-10(16)17)15(9)8-12(2)5-3-4-6-12/h3-8H2,1-2H3,(H,16,17). The van der Waals surface area contributed by atoms with Crippen LogP contribution in [0.4, 0.5) is 0 Å². The first kappa shape index (κ1) is 13.4. The third-order valence-corrected chi connectivity index (χ3v) is 4.53. The second-order valence-corrected chi connectivity index (χ2v) is 6.26. The molecule has 0 amide bonds. The van der Waals surface area contributed by atoms with Gasteiger partial charge >= 0.3 is 5.97 Å². The molecule has 0 atom stereocenters. The average molecular weight is 269 g/mol. The summed E-state index contributed by atoms with van der Waals surface area (Å²) in [6.07, 6.45) is 5.03. The van der Waals surface area contributed by atoms with E-state index >= 15 is 0 Å². The van der Waals surface area contributed by atoms with Crippen LogP contribution in [-0.2, 0) is 11.3 Å². The Bertz CT molecular complexity index is 439. The monoisotopic (exact) mass is 269 g/mol. The Morgan fingerprint density at radius 2 is 2.11 bits per heavy atom. The lowest BCUT2D eigenvalue weighted by Gasteiger charge is -2.25. The van der Waals surface area contributed by atoms with Crippen LogP contribution in [0.3, 0.4) is 0 Å². The van der Waals surface area contributed by atoms with Gasteiger partial charge in [0, 0.05) is 6.54 Å². The molecule has 1 N–H and O–H groups in total. The minimum Gasteiger partial charge on any atom is -0.481 e. The van der Waals surface area contributed by atoms with Gasteiger partial charge in [-0.25, -0.2) is 0 Å². The van der Waals surface area contributed by atoms with E-state index in [1.54, 1.807) is 0 Å². The van der Waals surface area contributed by atoms with Crippen molar-refractivity contribution in [2.24, 2.45) is 5.41 Å². The highest BCUT2D eigenvalue weighted by atomic mass is 32.2. The Labute approximate surface area is 111 Å². The van der Waals surface area contributed by atoms with Crippen LogP contribution in [0, 0.1) is 12.3 Å². The van der Waals surface area contributed by atoms with Crippen molar-refractivity contribution < 1.29 is 9.90 Å². The zero-order chi connectivity index (χ0) is 13.2.